The lowest BCUT2D eigenvalue weighted by molar-refractivity contribution is 0.181. The van der Waals surface area contributed by atoms with Crippen molar-refractivity contribution < 1.29 is 5.11 Å². The van der Waals surface area contributed by atoms with Crippen LogP contribution in [0.1, 0.15) is 43.7 Å². The standard InChI is InChI=1S/C20H24O/c1-17(21)11-5-2-10-16-20(18-12-6-3-7-13-18)19-14-8-4-9-15-19/h3-4,6-9,12-17,21H,2,5,10-11H2,1H3. The summed E-state index contributed by atoms with van der Waals surface area (Å²) in [5.74, 6) is 0. The highest BCUT2D eigenvalue weighted by molar-refractivity contribution is 5.79. The fourth-order valence-corrected chi connectivity index (χ4v) is 2.47. The molecule has 1 heteroatoms. The number of benzene rings is 2. The fraction of sp³-hybridized carbons (Fsp3) is 0.300. The van der Waals surface area contributed by atoms with Gasteiger partial charge < -0.3 is 5.11 Å². The summed E-state index contributed by atoms with van der Waals surface area (Å²) in [6, 6.07) is 21.1. The maximum absolute atomic E-state index is 9.30. The number of rotatable bonds is 7. The molecule has 0 aromatic heterocycles. The first kappa shape index (κ1) is 15.5. The van der Waals surface area contributed by atoms with E-state index >= 15 is 0 Å². The Hall–Kier alpha value is -1.86. The zero-order valence-electron chi connectivity index (χ0n) is 12.7. The minimum atomic E-state index is -0.184. The third kappa shape index (κ3) is 5.20. The van der Waals surface area contributed by atoms with E-state index in [1.54, 1.807) is 0 Å². The Morgan fingerprint density at radius 3 is 1.90 bits per heavy atom. The van der Waals surface area contributed by atoms with Gasteiger partial charge >= 0.3 is 0 Å². The van der Waals surface area contributed by atoms with Gasteiger partial charge in [-0.1, -0.05) is 73.2 Å². The van der Waals surface area contributed by atoms with Gasteiger partial charge in [0.15, 0.2) is 0 Å². The molecule has 2 aromatic carbocycles. The fourth-order valence-electron chi connectivity index (χ4n) is 2.47. The van der Waals surface area contributed by atoms with Gasteiger partial charge in [0.2, 0.25) is 0 Å². The number of hydrogen-bond acceptors (Lipinski definition) is 1. The number of allylic oxidation sites excluding steroid dienone is 1. The second-order valence-corrected chi connectivity index (χ2v) is 5.48. The quantitative estimate of drug-likeness (QED) is 0.703. The summed E-state index contributed by atoms with van der Waals surface area (Å²) in [6.45, 7) is 1.86. The van der Waals surface area contributed by atoms with Crippen molar-refractivity contribution >= 4 is 5.57 Å². The van der Waals surface area contributed by atoms with Crippen LogP contribution in [0.3, 0.4) is 0 Å². The maximum atomic E-state index is 9.30. The molecule has 0 radical (unpaired) electrons. The van der Waals surface area contributed by atoms with E-state index in [1.807, 2.05) is 6.92 Å². The molecule has 1 atom stereocenters. The molecule has 1 N–H and O–H groups in total. The SMILES string of the molecule is CC(O)CCCCC=C(c1ccccc1)c1ccccc1. The molecule has 0 bridgehead atoms. The van der Waals surface area contributed by atoms with Crippen LogP contribution in [0.5, 0.6) is 0 Å². The molecule has 0 spiro atoms. The van der Waals surface area contributed by atoms with Crippen LogP contribution < -0.4 is 0 Å². The normalized spacial score (nSPS) is 11.9. The van der Waals surface area contributed by atoms with E-state index in [4.69, 9.17) is 0 Å². The summed E-state index contributed by atoms with van der Waals surface area (Å²) in [6.07, 6.45) is 6.27. The monoisotopic (exact) mass is 280 g/mol. The molecule has 2 rings (SSSR count). The summed E-state index contributed by atoms with van der Waals surface area (Å²) < 4.78 is 0. The second kappa shape index (κ2) is 8.43. The average Bonchev–Trinajstić information content (AvgIpc) is 2.52. The minimum Gasteiger partial charge on any atom is -0.393 e. The number of hydrogen-bond donors (Lipinski definition) is 1. The number of aliphatic hydroxyl groups excluding tert-OH is 1. The van der Waals surface area contributed by atoms with Gasteiger partial charge in [-0.05, 0) is 42.9 Å². The molecule has 21 heavy (non-hydrogen) atoms. The Bertz CT molecular complexity index is 499. The van der Waals surface area contributed by atoms with Crippen molar-refractivity contribution in [1.29, 1.82) is 0 Å². The molecule has 0 saturated heterocycles. The van der Waals surface area contributed by atoms with E-state index in [2.05, 4.69) is 66.7 Å². The lowest BCUT2D eigenvalue weighted by atomic mass is 9.96. The summed E-state index contributed by atoms with van der Waals surface area (Å²) >= 11 is 0. The van der Waals surface area contributed by atoms with Crippen molar-refractivity contribution in [2.45, 2.75) is 38.7 Å². The van der Waals surface area contributed by atoms with Crippen LogP contribution >= 0.6 is 0 Å². The summed E-state index contributed by atoms with van der Waals surface area (Å²) in [5, 5.41) is 9.30. The van der Waals surface area contributed by atoms with Crippen molar-refractivity contribution in [2.24, 2.45) is 0 Å². The smallest absolute Gasteiger partial charge is 0.0512 e. The molecule has 0 aliphatic heterocycles. The van der Waals surface area contributed by atoms with E-state index in [-0.39, 0.29) is 6.10 Å². The van der Waals surface area contributed by atoms with Crippen LogP contribution in [0, 0.1) is 0 Å². The Balaban J connectivity index is 2.10. The Morgan fingerprint density at radius 1 is 0.905 bits per heavy atom. The van der Waals surface area contributed by atoms with Gasteiger partial charge in [-0.25, -0.2) is 0 Å². The van der Waals surface area contributed by atoms with Crippen LogP contribution in [-0.4, -0.2) is 11.2 Å². The first-order valence-corrected chi connectivity index (χ1v) is 7.76. The van der Waals surface area contributed by atoms with E-state index < -0.39 is 0 Å². The van der Waals surface area contributed by atoms with Crippen molar-refractivity contribution in [3.8, 4) is 0 Å². The molecule has 0 aliphatic carbocycles. The molecule has 0 saturated carbocycles. The van der Waals surface area contributed by atoms with Crippen LogP contribution in [-0.2, 0) is 0 Å². The Labute approximate surface area is 128 Å². The third-order valence-corrected chi connectivity index (χ3v) is 3.59. The van der Waals surface area contributed by atoms with E-state index in [1.165, 1.54) is 16.7 Å². The van der Waals surface area contributed by atoms with Gasteiger partial charge in [-0.3, -0.25) is 0 Å². The molecule has 1 nitrogen and oxygen atoms in total. The lowest BCUT2D eigenvalue weighted by Gasteiger charge is -2.09. The Kier molecular flexibility index (Phi) is 6.23. The van der Waals surface area contributed by atoms with Gasteiger partial charge in [0.25, 0.3) is 0 Å². The van der Waals surface area contributed by atoms with Crippen molar-refractivity contribution in [3.63, 3.8) is 0 Å². The largest absolute Gasteiger partial charge is 0.393 e. The van der Waals surface area contributed by atoms with Crippen molar-refractivity contribution in [1.82, 2.24) is 0 Å². The Morgan fingerprint density at radius 2 is 1.43 bits per heavy atom. The molecule has 110 valence electrons. The molecule has 0 fully saturated rings. The van der Waals surface area contributed by atoms with Crippen LogP contribution in [0.4, 0.5) is 0 Å². The predicted molar refractivity (Wildman–Crippen MR) is 90.1 cm³/mol. The van der Waals surface area contributed by atoms with E-state index in [9.17, 15) is 5.11 Å². The average molecular weight is 280 g/mol. The van der Waals surface area contributed by atoms with Crippen LogP contribution in [0.2, 0.25) is 0 Å². The first-order chi connectivity index (χ1) is 10.3. The van der Waals surface area contributed by atoms with E-state index in [0.717, 1.165) is 25.7 Å². The minimum absolute atomic E-state index is 0.184. The van der Waals surface area contributed by atoms with E-state index in [0.29, 0.717) is 0 Å². The van der Waals surface area contributed by atoms with Gasteiger partial charge in [0.1, 0.15) is 0 Å². The summed E-state index contributed by atoms with van der Waals surface area (Å²) in [5.41, 5.74) is 3.83. The molecule has 2 aromatic rings. The van der Waals surface area contributed by atoms with Gasteiger partial charge in [-0.15, -0.1) is 0 Å². The van der Waals surface area contributed by atoms with Crippen LogP contribution in [0.25, 0.3) is 5.57 Å². The summed E-state index contributed by atoms with van der Waals surface area (Å²) in [7, 11) is 0. The molecule has 1 unspecified atom stereocenters. The maximum Gasteiger partial charge on any atom is 0.0512 e. The molecular weight excluding hydrogens is 256 g/mol. The van der Waals surface area contributed by atoms with Crippen LogP contribution in [0.15, 0.2) is 66.7 Å². The highest BCUT2D eigenvalue weighted by Crippen LogP contribution is 2.24. The lowest BCUT2D eigenvalue weighted by Crippen LogP contribution is -1.98. The van der Waals surface area contributed by atoms with Crippen molar-refractivity contribution in [3.05, 3.63) is 77.9 Å². The molecule has 0 heterocycles. The zero-order chi connectivity index (χ0) is 14.9. The zero-order valence-corrected chi connectivity index (χ0v) is 12.7. The second-order valence-electron chi connectivity index (χ2n) is 5.48. The van der Waals surface area contributed by atoms with Gasteiger partial charge in [0.05, 0.1) is 6.10 Å². The first-order valence-electron chi connectivity index (χ1n) is 7.76. The predicted octanol–water partition coefficient (Wildman–Crippen LogP) is 5.06. The number of unbranched alkanes of at least 4 members (excludes halogenated alkanes) is 2. The molecule has 0 aliphatic rings. The third-order valence-electron chi connectivity index (χ3n) is 3.59. The van der Waals surface area contributed by atoms with Gasteiger partial charge in [-0.2, -0.15) is 0 Å². The topological polar surface area (TPSA) is 20.2 Å². The molecular formula is C20H24O. The highest BCUT2D eigenvalue weighted by atomic mass is 16.3. The summed E-state index contributed by atoms with van der Waals surface area (Å²) in [4.78, 5) is 0. The van der Waals surface area contributed by atoms with Crippen molar-refractivity contribution in [2.75, 3.05) is 0 Å². The molecule has 0 amide bonds. The van der Waals surface area contributed by atoms with Gasteiger partial charge in [0, 0.05) is 0 Å². The number of aliphatic hydroxyl groups is 1. The highest BCUT2D eigenvalue weighted by Gasteiger charge is 2.03.